The molecule has 1 heterocycles. The number of furan rings is 1. The minimum Gasteiger partial charge on any atom is -0.468 e. The summed E-state index contributed by atoms with van der Waals surface area (Å²) in [4.78, 5) is 11.2. The number of methoxy groups -OCH3 is 1. The molecule has 0 spiro atoms. The van der Waals surface area contributed by atoms with Gasteiger partial charge in [-0.1, -0.05) is 23.7 Å². The fraction of sp³-hybridized carbons (Fsp3) is 0.214. The largest absolute Gasteiger partial charge is 0.468 e. The van der Waals surface area contributed by atoms with Crippen LogP contribution in [-0.2, 0) is 16.0 Å². The van der Waals surface area contributed by atoms with Gasteiger partial charge in [0.1, 0.15) is 17.6 Å². The highest BCUT2D eigenvalue weighted by molar-refractivity contribution is 6.30. The van der Waals surface area contributed by atoms with Crippen molar-refractivity contribution in [2.75, 3.05) is 7.11 Å². The number of esters is 1. The summed E-state index contributed by atoms with van der Waals surface area (Å²) in [5, 5.41) is 0.640. The van der Waals surface area contributed by atoms with Gasteiger partial charge in [-0.3, -0.25) is 4.79 Å². The Hall–Kier alpha value is -1.78. The van der Waals surface area contributed by atoms with Gasteiger partial charge in [0, 0.05) is 17.0 Å². The number of benzene rings is 1. The third kappa shape index (κ3) is 3.36. The molecule has 19 heavy (non-hydrogen) atoms. The smallest absolute Gasteiger partial charge is 0.323 e. The standard InChI is InChI=1S/C14H14ClNO3/c1-18-14(17)12(16)8-11-5-6-13(19-11)9-3-2-4-10(15)7-9/h2-7,12H,8,16H2,1H3. The minimum absolute atomic E-state index is 0.299. The van der Waals surface area contributed by atoms with E-state index in [1.807, 2.05) is 24.3 Å². The van der Waals surface area contributed by atoms with Gasteiger partial charge in [0.2, 0.25) is 0 Å². The van der Waals surface area contributed by atoms with Crippen LogP contribution in [0.1, 0.15) is 5.76 Å². The molecule has 1 aromatic carbocycles. The first kappa shape index (κ1) is 13.6. The van der Waals surface area contributed by atoms with Crippen LogP contribution in [0.4, 0.5) is 0 Å². The Morgan fingerprint density at radius 2 is 2.21 bits per heavy atom. The maximum absolute atomic E-state index is 11.2. The van der Waals surface area contributed by atoms with Crippen molar-refractivity contribution in [1.29, 1.82) is 0 Å². The molecule has 1 atom stereocenters. The average molecular weight is 280 g/mol. The normalized spacial score (nSPS) is 12.2. The van der Waals surface area contributed by atoms with Crippen molar-refractivity contribution in [3.05, 3.63) is 47.2 Å². The summed E-state index contributed by atoms with van der Waals surface area (Å²) in [5.41, 5.74) is 6.56. The fourth-order valence-electron chi connectivity index (χ4n) is 1.74. The van der Waals surface area contributed by atoms with E-state index >= 15 is 0 Å². The predicted molar refractivity (Wildman–Crippen MR) is 72.8 cm³/mol. The SMILES string of the molecule is COC(=O)C(N)Cc1ccc(-c2cccc(Cl)c2)o1. The predicted octanol–water partition coefficient (Wildman–Crippen LogP) is 2.64. The van der Waals surface area contributed by atoms with Gasteiger partial charge in [0.15, 0.2) is 0 Å². The molecule has 0 aliphatic carbocycles. The molecule has 4 nitrogen and oxygen atoms in total. The second kappa shape index (κ2) is 5.91. The van der Waals surface area contributed by atoms with Crippen LogP contribution in [0.2, 0.25) is 5.02 Å². The first-order valence-electron chi connectivity index (χ1n) is 5.78. The zero-order valence-corrected chi connectivity index (χ0v) is 11.2. The van der Waals surface area contributed by atoms with Crippen LogP contribution in [0.15, 0.2) is 40.8 Å². The van der Waals surface area contributed by atoms with Crippen LogP contribution in [0.25, 0.3) is 11.3 Å². The van der Waals surface area contributed by atoms with Crippen LogP contribution >= 0.6 is 11.6 Å². The molecule has 2 aromatic rings. The molecular weight excluding hydrogens is 266 g/mol. The van der Waals surface area contributed by atoms with E-state index in [9.17, 15) is 4.79 Å². The van der Waals surface area contributed by atoms with Crippen LogP contribution in [-0.4, -0.2) is 19.1 Å². The molecule has 0 fully saturated rings. The van der Waals surface area contributed by atoms with Crippen molar-refractivity contribution in [3.63, 3.8) is 0 Å². The summed E-state index contributed by atoms with van der Waals surface area (Å²) >= 11 is 5.92. The summed E-state index contributed by atoms with van der Waals surface area (Å²) < 4.78 is 10.2. The van der Waals surface area contributed by atoms with Crippen molar-refractivity contribution < 1.29 is 13.9 Å². The van der Waals surface area contributed by atoms with Crippen LogP contribution in [0, 0.1) is 0 Å². The molecule has 1 aromatic heterocycles. The Morgan fingerprint density at radius 1 is 1.42 bits per heavy atom. The monoisotopic (exact) mass is 279 g/mol. The third-order valence-corrected chi connectivity index (χ3v) is 2.93. The summed E-state index contributed by atoms with van der Waals surface area (Å²) in [5.74, 6) is 0.864. The highest BCUT2D eigenvalue weighted by atomic mass is 35.5. The Bertz CT molecular complexity index is 580. The van der Waals surface area contributed by atoms with Gasteiger partial charge in [0.25, 0.3) is 0 Å². The molecule has 0 bridgehead atoms. The van der Waals surface area contributed by atoms with Gasteiger partial charge in [0.05, 0.1) is 7.11 Å². The quantitative estimate of drug-likeness (QED) is 0.874. The molecule has 0 saturated heterocycles. The van der Waals surface area contributed by atoms with E-state index in [-0.39, 0.29) is 0 Å². The summed E-state index contributed by atoms with van der Waals surface area (Å²) in [6, 6.07) is 10.2. The van der Waals surface area contributed by atoms with Gasteiger partial charge in [-0.05, 0) is 24.3 Å². The molecule has 100 valence electrons. The lowest BCUT2D eigenvalue weighted by molar-refractivity contribution is -0.142. The van der Waals surface area contributed by atoms with E-state index in [1.54, 1.807) is 12.1 Å². The van der Waals surface area contributed by atoms with E-state index in [4.69, 9.17) is 21.8 Å². The molecule has 0 aliphatic heterocycles. The highest BCUT2D eigenvalue weighted by Gasteiger charge is 2.16. The molecule has 0 aliphatic rings. The van der Waals surface area contributed by atoms with Crippen LogP contribution in [0.3, 0.4) is 0 Å². The number of halogens is 1. The van der Waals surface area contributed by atoms with Crippen LogP contribution < -0.4 is 5.73 Å². The first-order chi connectivity index (χ1) is 9.10. The average Bonchev–Trinajstić information content (AvgIpc) is 2.86. The number of ether oxygens (including phenoxy) is 1. The lowest BCUT2D eigenvalue weighted by atomic mass is 10.2. The van der Waals surface area contributed by atoms with Crippen LogP contribution in [0.5, 0.6) is 0 Å². The van der Waals surface area contributed by atoms with E-state index in [0.29, 0.717) is 23.0 Å². The second-order valence-corrected chi connectivity index (χ2v) is 4.55. The summed E-state index contributed by atoms with van der Waals surface area (Å²) in [6.45, 7) is 0. The topological polar surface area (TPSA) is 65.5 Å². The maximum Gasteiger partial charge on any atom is 0.323 e. The second-order valence-electron chi connectivity index (χ2n) is 4.11. The van der Waals surface area contributed by atoms with Crippen molar-refractivity contribution in [2.24, 2.45) is 5.73 Å². The Kier molecular flexibility index (Phi) is 4.24. The third-order valence-electron chi connectivity index (χ3n) is 2.70. The van der Waals surface area contributed by atoms with Gasteiger partial charge in [-0.25, -0.2) is 0 Å². The number of carbonyl (C=O) groups is 1. The lowest BCUT2D eigenvalue weighted by Gasteiger charge is -2.06. The minimum atomic E-state index is -0.719. The van der Waals surface area contributed by atoms with Gasteiger partial charge in [-0.2, -0.15) is 0 Å². The molecule has 2 rings (SSSR count). The van der Waals surface area contributed by atoms with Crippen molar-refractivity contribution in [2.45, 2.75) is 12.5 Å². The van der Waals surface area contributed by atoms with Crippen molar-refractivity contribution in [1.82, 2.24) is 0 Å². The zero-order chi connectivity index (χ0) is 13.8. The number of nitrogens with two attached hydrogens (primary N) is 1. The van der Waals surface area contributed by atoms with Gasteiger partial charge in [-0.15, -0.1) is 0 Å². The summed E-state index contributed by atoms with van der Waals surface area (Å²) in [6.07, 6.45) is 0.299. The number of hydrogen-bond acceptors (Lipinski definition) is 4. The van der Waals surface area contributed by atoms with Gasteiger partial charge >= 0.3 is 5.97 Å². The van der Waals surface area contributed by atoms with E-state index < -0.39 is 12.0 Å². The summed E-state index contributed by atoms with van der Waals surface area (Å²) in [7, 11) is 1.31. The van der Waals surface area contributed by atoms with Crippen molar-refractivity contribution >= 4 is 17.6 Å². The highest BCUT2D eigenvalue weighted by Crippen LogP contribution is 2.25. The zero-order valence-electron chi connectivity index (χ0n) is 10.4. The Labute approximate surface area is 116 Å². The molecule has 0 radical (unpaired) electrons. The lowest BCUT2D eigenvalue weighted by Crippen LogP contribution is -2.33. The van der Waals surface area contributed by atoms with E-state index in [2.05, 4.69) is 4.74 Å². The molecule has 1 unspecified atom stereocenters. The molecular formula is C14H14ClNO3. The molecule has 0 saturated carbocycles. The number of rotatable bonds is 4. The molecule has 5 heteroatoms. The molecule has 2 N–H and O–H groups in total. The van der Waals surface area contributed by atoms with Crippen molar-refractivity contribution in [3.8, 4) is 11.3 Å². The fourth-order valence-corrected chi connectivity index (χ4v) is 1.93. The molecule has 0 amide bonds. The first-order valence-corrected chi connectivity index (χ1v) is 6.16. The Balaban J connectivity index is 2.13. The van der Waals surface area contributed by atoms with Gasteiger partial charge < -0.3 is 14.9 Å². The maximum atomic E-state index is 11.2. The van der Waals surface area contributed by atoms with E-state index in [0.717, 1.165) is 5.56 Å². The van der Waals surface area contributed by atoms with E-state index in [1.165, 1.54) is 7.11 Å². The Morgan fingerprint density at radius 3 is 2.89 bits per heavy atom. The number of carbonyl (C=O) groups excluding carboxylic acids is 1. The number of hydrogen-bond donors (Lipinski definition) is 1.